The average Bonchev–Trinajstić information content (AvgIpc) is 2.75. The first kappa shape index (κ1) is 26.7. The summed E-state index contributed by atoms with van der Waals surface area (Å²) in [6.07, 6.45) is -1.53. The lowest BCUT2D eigenvalue weighted by Crippen LogP contribution is -2.53. The number of benzene rings is 1. The summed E-state index contributed by atoms with van der Waals surface area (Å²) in [6.45, 7) is 0.643. The van der Waals surface area contributed by atoms with E-state index < -0.39 is 50.4 Å². The van der Waals surface area contributed by atoms with E-state index in [2.05, 4.69) is 20.8 Å². The van der Waals surface area contributed by atoms with Gasteiger partial charge < -0.3 is 10.6 Å². The predicted octanol–water partition coefficient (Wildman–Crippen LogP) is 1.80. The van der Waals surface area contributed by atoms with Gasteiger partial charge in [0.05, 0.1) is 15.8 Å². The molecular weight excluding hydrogens is 499 g/mol. The molecule has 0 spiro atoms. The van der Waals surface area contributed by atoms with E-state index in [1.807, 2.05) is 0 Å². The molecule has 34 heavy (non-hydrogen) atoms. The third-order valence-corrected chi connectivity index (χ3v) is 7.37. The number of carbonyl (C=O) groups excluding carboxylic acids is 2. The first-order chi connectivity index (χ1) is 16.0. The molecule has 1 aromatic rings. The monoisotopic (exact) mass is 525 g/mol. The molecule has 9 nitrogen and oxygen atoms in total. The maximum Gasteiger partial charge on any atom is 0.417 e. The van der Waals surface area contributed by atoms with Crippen LogP contribution in [-0.2, 0) is 25.8 Å². The highest BCUT2D eigenvalue weighted by Gasteiger charge is 2.37. The third kappa shape index (κ3) is 7.28. The first-order valence-electron chi connectivity index (χ1n) is 10.9. The van der Waals surface area contributed by atoms with Gasteiger partial charge in [-0.05, 0) is 44.0 Å². The summed E-state index contributed by atoms with van der Waals surface area (Å²) < 4.78 is 68.3. The van der Waals surface area contributed by atoms with Crippen LogP contribution in [0.1, 0.15) is 37.7 Å². The average molecular weight is 526 g/mol. The highest BCUT2D eigenvalue weighted by atomic mass is 35.5. The molecule has 0 aliphatic carbocycles. The number of alkyl halides is 4. The van der Waals surface area contributed by atoms with Crippen molar-refractivity contribution in [2.45, 2.75) is 54.6 Å². The van der Waals surface area contributed by atoms with Gasteiger partial charge in [-0.25, -0.2) is 18.6 Å². The van der Waals surface area contributed by atoms with Crippen molar-refractivity contribution >= 4 is 39.1 Å². The van der Waals surface area contributed by atoms with Gasteiger partial charge in [-0.2, -0.15) is 13.2 Å². The predicted molar refractivity (Wildman–Crippen MR) is 119 cm³/mol. The summed E-state index contributed by atoms with van der Waals surface area (Å²) in [5, 5.41) is 6.24. The number of sulfonamides is 1. The molecule has 2 aliphatic heterocycles. The van der Waals surface area contributed by atoms with Crippen molar-refractivity contribution in [1.82, 2.24) is 20.5 Å². The molecule has 2 amide bonds. The molecule has 3 rings (SSSR count). The largest absolute Gasteiger partial charge is 0.417 e. The van der Waals surface area contributed by atoms with Gasteiger partial charge in [0, 0.05) is 31.2 Å². The molecule has 2 aliphatic rings. The number of carbonyl (C=O) groups is 2. The van der Waals surface area contributed by atoms with E-state index in [0.29, 0.717) is 12.5 Å². The maximum atomic E-state index is 13.5. The fourth-order valence-electron chi connectivity index (χ4n) is 3.83. The smallest absolute Gasteiger partial charge is 0.324 e. The number of nitrogens with zero attached hydrogens (tertiary/aromatic N) is 1. The lowest BCUT2D eigenvalue weighted by Gasteiger charge is -2.29. The number of hydrogen-bond acceptors (Lipinski definition) is 6. The van der Waals surface area contributed by atoms with Crippen LogP contribution in [0.2, 0.25) is 0 Å². The van der Waals surface area contributed by atoms with Crippen molar-refractivity contribution in [3.63, 3.8) is 0 Å². The van der Waals surface area contributed by atoms with Crippen LogP contribution >= 0.6 is 11.6 Å². The fourth-order valence-corrected chi connectivity index (χ4v) is 5.33. The van der Waals surface area contributed by atoms with Crippen molar-refractivity contribution in [2.24, 2.45) is 0 Å². The topological polar surface area (TPSA) is 120 Å². The number of hydrazine groups is 1. The summed E-state index contributed by atoms with van der Waals surface area (Å²) in [7, 11) is -4.52. The molecule has 2 saturated heterocycles. The van der Waals surface area contributed by atoms with Crippen molar-refractivity contribution < 1.29 is 31.2 Å². The number of amides is 2. The number of hydrogen-bond donors (Lipinski definition) is 4. The Hall–Kier alpha value is -1.93. The maximum absolute atomic E-state index is 13.5. The molecule has 14 heteroatoms. The third-order valence-electron chi connectivity index (χ3n) is 5.56. The van der Waals surface area contributed by atoms with Crippen molar-refractivity contribution in [3.05, 3.63) is 23.8 Å². The van der Waals surface area contributed by atoms with Gasteiger partial charge in [-0.15, -0.1) is 11.6 Å². The highest BCUT2D eigenvalue weighted by molar-refractivity contribution is 7.89. The molecule has 0 aromatic heterocycles. The molecule has 4 N–H and O–H groups in total. The molecule has 0 bridgehead atoms. The van der Waals surface area contributed by atoms with E-state index in [-0.39, 0.29) is 31.2 Å². The summed E-state index contributed by atoms with van der Waals surface area (Å²) in [5.74, 6) is -1.12. The van der Waals surface area contributed by atoms with Crippen LogP contribution in [0.25, 0.3) is 0 Å². The van der Waals surface area contributed by atoms with Crippen LogP contribution in [-0.4, -0.2) is 62.8 Å². The Morgan fingerprint density at radius 3 is 2.68 bits per heavy atom. The molecule has 1 aromatic carbocycles. The van der Waals surface area contributed by atoms with Crippen molar-refractivity contribution in [2.75, 3.05) is 31.5 Å². The minimum absolute atomic E-state index is 0.0296. The van der Waals surface area contributed by atoms with E-state index in [4.69, 9.17) is 11.6 Å². The first-order valence-corrected chi connectivity index (χ1v) is 12.8. The van der Waals surface area contributed by atoms with Crippen molar-refractivity contribution in [3.8, 4) is 0 Å². The summed E-state index contributed by atoms with van der Waals surface area (Å²) in [4.78, 5) is 23.3. The van der Waals surface area contributed by atoms with Crippen LogP contribution in [0.4, 0.5) is 18.9 Å². The van der Waals surface area contributed by atoms with Crippen LogP contribution in [0.15, 0.2) is 23.1 Å². The Bertz CT molecular complexity index is 1000. The van der Waals surface area contributed by atoms with E-state index in [0.717, 1.165) is 42.9 Å². The second kappa shape index (κ2) is 11.2. The normalized spacial score (nSPS) is 22.0. The van der Waals surface area contributed by atoms with E-state index in [9.17, 15) is 31.2 Å². The zero-order chi connectivity index (χ0) is 24.9. The SMILES string of the molecule is O=C(CN1NCC(Cl)CC1=O)Nc1ccc(C(F)(F)F)c(S(=O)(=O)NCCC2CCCCN2)c1. The van der Waals surface area contributed by atoms with Crippen LogP contribution in [0.5, 0.6) is 0 Å². The molecular formula is C20H27ClF3N5O4S. The molecule has 2 atom stereocenters. The van der Waals surface area contributed by atoms with Gasteiger partial charge in [0.2, 0.25) is 21.8 Å². The summed E-state index contributed by atoms with van der Waals surface area (Å²) in [6, 6.07) is 2.44. The lowest BCUT2D eigenvalue weighted by molar-refractivity contribution is -0.140. The summed E-state index contributed by atoms with van der Waals surface area (Å²) in [5.41, 5.74) is 1.20. The Kier molecular flexibility index (Phi) is 8.79. The molecule has 0 saturated carbocycles. The minimum atomic E-state index is -4.92. The highest BCUT2D eigenvalue weighted by Crippen LogP contribution is 2.35. The summed E-state index contributed by atoms with van der Waals surface area (Å²) >= 11 is 5.87. The Morgan fingerprint density at radius 2 is 2.03 bits per heavy atom. The number of nitrogens with one attached hydrogen (secondary N) is 4. The lowest BCUT2D eigenvalue weighted by atomic mass is 10.0. The van der Waals surface area contributed by atoms with Crippen LogP contribution in [0, 0.1) is 0 Å². The van der Waals surface area contributed by atoms with E-state index in [1.54, 1.807) is 0 Å². The fraction of sp³-hybridized carbons (Fsp3) is 0.600. The molecule has 2 heterocycles. The Balaban J connectivity index is 1.71. The molecule has 2 fully saturated rings. The minimum Gasteiger partial charge on any atom is -0.324 e. The number of piperidine rings is 1. The number of anilines is 1. The second-order valence-corrected chi connectivity index (χ2v) is 10.6. The van der Waals surface area contributed by atoms with Gasteiger partial charge >= 0.3 is 6.18 Å². The van der Waals surface area contributed by atoms with Crippen LogP contribution < -0.4 is 20.8 Å². The van der Waals surface area contributed by atoms with Gasteiger partial charge in [0.1, 0.15) is 6.54 Å². The number of rotatable bonds is 8. The zero-order valence-electron chi connectivity index (χ0n) is 18.3. The van der Waals surface area contributed by atoms with E-state index >= 15 is 0 Å². The standard InChI is InChI=1S/C20H27ClF3N5O4S/c21-13-9-19(31)29(26-11-13)12-18(30)28-15-4-5-16(20(22,23)24)17(10-15)34(32,33)27-8-6-14-3-1-2-7-25-14/h4-5,10,13-14,25-27H,1-3,6-9,11-12H2,(H,28,30). The zero-order valence-corrected chi connectivity index (χ0v) is 19.8. The van der Waals surface area contributed by atoms with Crippen LogP contribution in [0.3, 0.4) is 0 Å². The number of halogens is 4. The molecule has 2 unspecified atom stereocenters. The van der Waals surface area contributed by atoms with Gasteiger partial charge in [0.15, 0.2) is 0 Å². The van der Waals surface area contributed by atoms with E-state index in [1.165, 1.54) is 0 Å². The van der Waals surface area contributed by atoms with Gasteiger partial charge in [-0.3, -0.25) is 14.6 Å². The Morgan fingerprint density at radius 1 is 1.26 bits per heavy atom. The van der Waals surface area contributed by atoms with Gasteiger partial charge in [0.25, 0.3) is 0 Å². The van der Waals surface area contributed by atoms with Crippen molar-refractivity contribution in [1.29, 1.82) is 0 Å². The Labute approximate surface area is 200 Å². The second-order valence-electron chi connectivity index (χ2n) is 8.23. The van der Waals surface area contributed by atoms with Gasteiger partial charge in [-0.1, -0.05) is 6.42 Å². The quantitative estimate of drug-likeness (QED) is 0.384. The molecule has 0 radical (unpaired) electrons. The molecule has 190 valence electrons.